The Morgan fingerprint density at radius 1 is 1.43 bits per heavy atom. The summed E-state index contributed by atoms with van der Waals surface area (Å²) < 4.78 is 13.9. The van der Waals surface area contributed by atoms with Crippen LogP contribution in [0, 0.1) is 18.2 Å². The van der Waals surface area contributed by atoms with Gasteiger partial charge in [-0.15, -0.1) is 11.3 Å². The fourth-order valence-electron chi connectivity index (χ4n) is 2.36. The van der Waals surface area contributed by atoms with Crippen LogP contribution in [0.5, 0.6) is 0 Å². The number of aliphatic carboxylic acids is 1. The largest absolute Gasteiger partial charge is 0.481 e. The van der Waals surface area contributed by atoms with Gasteiger partial charge in [-0.25, -0.2) is 4.39 Å². The average molecular weight is 307 g/mol. The second-order valence-electron chi connectivity index (χ2n) is 5.46. The van der Waals surface area contributed by atoms with Crippen LogP contribution in [0.3, 0.4) is 0 Å². The molecule has 1 amide bonds. The quantitative estimate of drug-likeness (QED) is 0.912. The summed E-state index contributed by atoms with van der Waals surface area (Å²) in [6.45, 7) is 1.96. The van der Waals surface area contributed by atoms with E-state index in [2.05, 4.69) is 5.32 Å². The second-order valence-corrected chi connectivity index (χ2v) is 6.52. The van der Waals surface area contributed by atoms with Crippen molar-refractivity contribution in [3.63, 3.8) is 0 Å². The molecule has 110 valence electrons. The summed E-state index contributed by atoms with van der Waals surface area (Å²) in [4.78, 5) is 23.8. The molecule has 0 saturated heterocycles. The fourth-order valence-corrected chi connectivity index (χ4v) is 3.51. The number of nitrogens with one attached hydrogen (secondary N) is 1. The lowest BCUT2D eigenvalue weighted by molar-refractivity contribution is -0.143. The van der Waals surface area contributed by atoms with Crippen molar-refractivity contribution in [2.75, 3.05) is 6.54 Å². The second kappa shape index (κ2) is 4.80. The highest BCUT2D eigenvalue weighted by Gasteiger charge is 2.50. The lowest BCUT2D eigenvalue weighted by atomic mass is 10.1. The van der Waals surface area contributed by atoms with Crippen LogP contribution in [-0.4, -0.2) is 23.5 Å². The van der Waals surface area contributed by atoms with Crippen LogP contribution in [0.1, 0.15) is 28.1 Å². The van der Waals surface area contributed by atoms with Crippen LogP contribution in [0.2, 0.25) is 0 Å². The van der Waals surface area contributed by atoms with Crippen LogP contribution >= 0.6 is 11.3 Å². The number of halogens is 1. The first-order valence-electron chi connectivity index (χ1n) is 6.63. The van der Waals surface area contributed by atoms with Crippen LogP contribution in [0.4, 0.5) is 4.39 Å². The number of carboxylic acid groups (broad SMARTS) is 1. The van der Waals surface area contributed by atoms with Crippen molar-refractivity contribution in [1.82, 2.24) is 5.32 Å². The van der Waals surface area contributed by atoms with Crippen LogP contribution in [0.25, 0.3) is 10.1 Å². The predicted octanol–water partition coefficient (Wildman–Crippen LogP) is 2.94. The third kappa shape index (κ3) is 2.40. The standard InChI is InChI=1S/C15H14FNO3S/c1-8-10-3-2-9(16)6-11(10)21-12(8)13(18)17-7-15(4-5-15)14(19)20/h2-3,6H,4-5,7H2,1H3,(H,17,18)(H,19,20). The zero-order valence-electron chi connectivity index (χ0n) is 11.4. The van der Waals surface area contributed by atoms with Gasteiger partial charge in [0.05, 0.1) is 10.3 Å². The molecule has 1 saturated carbocycles. The molecule has 0 unspecified atom stereocenters. The Hall–Kier alpha value is -1.95. The molecule has 0 aliphatic heterocycles. The Bertz CT molecular complexity index is 749. The maximum Gasteiger partial charge on any atom is 0.311 e. The van der Waals surface area contributed by atoms with E-state index in [0.29, 0.717) is 17.7 Å². The first-order chi connectivity index (χ1) is 9.93. The molecule has 0 spiro atoms. The molecule has 1 heterocycles. The molecule has 1 aromatic heterocycles. The topological polar surface area (TPSA) is 66.4 Å². The molecular formula is C15H14FNO3S. The molecule has 1 aliphatic carbocycles. The zero-order valence-corrected chi connectivity index (χ0v) is 12.2. The van der Waals surface area contributed by atoms with E-state index in [1.807, 2.05) is 6.92 Å². The molecule has 1 aromatic carbocycles. The number of carboxylic acids is 1. The normalized spacial score (nSPS) is 15.9. The van der Waals surface area contributed by atoms with Crippen LogP contribution < -0.4 is 5.32 Å². The number of rotatable bonds is 4. The van der Waals surface area contributed by atoms with Gasteiger partial charge in [-0.3, -0.25) is 9.59 Å². The highest BCUT2D eigenvalue weighted by Crippen LogP contribution is 2.45. The monoisotopic (exact) mass is 307 g/mol. The van der Waals surface area contributed by atoms with E-state index in [-0.39, 0.29) is 18.3 Å². The molecule has 2 aromatic rings. The minimum Gasteiger partial charge on any atom is -0.481 e. The number of thiophene rings is 1. The van der Waals surface area contributed by atoms with Gasteiger partial charge in [0.15, 0.2) is 0 Å². The lowest BCUT2D eigenvalue weighted by Gasteiger charge is -2.10. The number of carbonyl (C=O) groups is 2. The molecule has 3 rings (SSSR count). The maximum atomic E-state index is 13.2. The molecular weight excluding hydrogens is 293 g/mol. The Morgan fingerprint density at radius 2 is 2.14 bits per heavy atom. The number of hydrogen-bond acceptors (Lipinski definition) is 3. The number of carbonyl (C=O) groups excluding carboxylic acids is 1. The fraction of sp³-hybridized carbons (Fsp3) is 0.333. The first-order valence-corrected chi connectivity index (χ1v) is 7.45. The van der Waals surface area contributed by atoms with E-state index < -0.39 is 11.4 Å². The summed E-state index contributed by atoms with van der Waals surface area (Å²) in [6.07, 6.45) is 1.19. The molecule has 1 fully saturated rings. The summed E-state index contributed by atoms with van der Waals surface area (Å²) in [7, 11) is 0. The Morgan fingerprint density at radius 3 is 2.76 bits per heavy atom. The molecule has 1 aliphatic rings. The van der Waals surface area contributed by atoms with Crippen molar-refractivity contribution < 1.29 is 19.1 Å². The first kappa shape index (κ1) is 14.0. The lowest BCUT2D eigenvalue weighted by Crippen LogP contribution is -2.34. The maximum absolute atomic E-state index is 13.2. The van der Waals surface area contributed by atoms with Gasteiger partial charge in [0.1, 0.15) is 5.82 Å². The SMILES string of the molecule is Cc1c(C(=O)NCC2(C(=O)O)CC2)sc2cc(F)ccc12. The molecule has 4 nitrogen and oxygen atoms in total. The summed E-state index contributed by atoms with van der Waals surface area (Å²) in [6, 6.07) is 4.43. The number of hydrogen-bond donors (Lipinski definition) is 2. The van der Waals surface area contributed by atoms with Gasteiger partial charge < -0.3 is 10.4 Å². The van der Waals surface area contributed by atoms with Gasteiger partial charge >= 0.3 is 5.97 Å². The predicted molar refractivity (Wildman–Crippen MR) is 78.2 cm³/mol. The molecule has 0 atom stereocenters. The molecule has 21 heavy (non-hydrogen) atoms. The van der Waals surface area contributed by atoms with Crippen molar-refractivity contribution in [1.29, 1.82) is 0 Å². The smallest absolute Gasteiger partial charge is 0.311 e. The van der Waals surface area contributed by atoms with E-state index >= 15 is 0 Å². The molecule has 6 heteroatoms. The van der Waals surface area contributed by atoms with E-state index in [1.165, 1.54) is 23.5 Å². The minimum atomic E-state index is -0.863. The van der Waals surface area contributed by atoms with E-state index in [0.717, 1.165) is 15.6 Å². The highest BCUT2D eigenvalue weighted by atomic mass is 32.1. The molecule has 2 N–H and O–H groups in total. The third-order valence-electron chi connectivity index (χ3n) is 4.00. The Kier molecular flexibility index (Phi) is 3.20. The third-order valence-corrected chi connectivity index (χ3v) is 5.25. The molecule has 0 radical (unpaired) electrons. The van der Waals surface area contributed by atoms with Crippen molar-refractivity contribution in [2.45, 2.75) is 19.8 Å². The van der Waals surface area contributed by atoms with Crippen molar-refractivity contribution in [2.24, 2.45) is 5.41 Å². The van der Waals surface area contributed by atoms with Gasteiger partial charge in [0.2, 0.25) is 0 Å². The summed E-state index contributed by atoms with van der Waals surface area (Å²) in [5, 5.41) is 12.6. The van der Waals surface area contributed by atoms with Crippen molar-refractivity contribution in [3.05, 3.63) is 34.5 Å². The number of aryl methyl sites for hydroxylation is 1. The van der Waals surface area contributed by atoms with E-state index in [4.69, 9.17) is 5.11 Å². The summed E-state index contributed by atoms with van der Waals surface area (Å²) in [5.41, 5.74) is 0.0134. The Labute approximate surface area is 124 Å². The van der Waals surface area contributed by atoms with Crippen LogP contribution in [-0.2, 0) is 4.79 Å². The number of benzene rings is 1. The summed E-state index contributed by atoms with van der Waals surface area (Å²) in [5.74, 6) is -1.49. The van der Waals surface area contributed by atoms with E-state index in [9.17, 15) is 14.0 Å². The zero-order chi connectivity index (χ0) is 15.2. The van der Waals surface area contributed by atoms with Gasteiger partial charge in [-0.2, -0.15) is 0 Å². The average Bonchev–Trinajstić information content (AvgIpc) is 3.17. The minimum absolute atomic E-state index is 0.142. The summed E-state index contributed by atoms with van der Waals surface area (Å²) >= 11 is 1.23. The highest BCUT2D eigenvalue weighted by molar-refractivity contribution is 7.21. The van der Waals surface area contributed by atoms with Gasteiger partial charge in [0.25, 0.3) is 5.91 Å². The van der Waals surface area contributed by atoms with Crippen molar-refractivity contribution in [3.8, 4) is 0 Å². The molecule has 0 bridgehead atoms. The van der Waals surface area contributed by atoms with Gasteiger partial charge in [-0.05, 0) is 42.8 Å². The van der Waals surface area contributed by atoms with Gasteiger partial charge in [0, 0.05) is 11.2 Å². The van der Waals surface area contributed by atoms with Gasteiger partial charge in [-0.1, -0.05) is 6.07 Å². The Balaban J connectivity index is 1.82. The van der Waals surface area contributed by atoms with E-state index in [1.54, 1.807) is 6.07 Å². The van der Waals surface area contributed by atoms with Crippen LogP contribution in [0.15, 0.2) is 18.2 Å². The van der Waals surface area contributed by atoms with Crippen molar-refractivity contribution >= 4 is 33.3 Å². The number of amides is 1. The number of fused-ring (bicyclic) bond motifs is 1.